The Hall–Kier alpha value is -2.74. The number of para-hydroxylation sites is 1. The number of aromatic nitrogens is 2. The molecule has 0 aliphatic rings. The second kappa shape index (κ2) is 9.38. The number of carbonyl (C=O) groups excluding carboxylic acids is 1. The first-order valence-corrected chi connectivity index (χ1v) is 12.3. The van der Waals surface area contributed by atoms with Gasteiger partial charge in [0.1, 0.15) is 13.0 Å². The van der Waals surface area contributed by atoms with Crippen molar-refractivity contribution in [1.82, 2.24) is 15.4 Å². The number of benzene rings is 2. The van der Waals surface area contributed by atoms with E-state index in [9.17, 15) is 9.36 Å². The maximum Gasteiger partial charge on any atom is 0.274 e. The number of halogens is 1. The van der Waals surface area contributed by atoms with E-state index in [1.807, 2.05) is 24.3 Å². The van der Waals surface area contributed by atoms with Gasteiger partial charge in [0.05, 0.1) is 17.3 Å². The van der Waals surface area contributed by atoms with Crippen molar-refractivity contribution in [3.63, 3.8) is 0 Å². The maximum atomic E-state index is 12.6. The lowest BCUT2D eigenvalue weighted by atomic mass is 10.2. The number of hydrogen-bond acceptors (Lipinski definition) is 7. The summed E-state index contributed by atoms with van der Waals surface area (Å²) in [4.78, 5) is 25.2. The van der Waals surface area contributed by atoms with Gasteiger partial charge in [-0.25, -0.2) is 10.5 Å². The Bertz CT molecular complexity index is 1100. The molecule has 2 aromatic carbocycles. The summed E-state index contributed by atoms with van der Waals surface area (Å²) < 4.78 is 13.3. The van der Waals surface area contributed by atoms with E-state index in [1.54, 1.807) is 43.8 Å². The molecule has 1 aromatic heterocycles. The number of nitrogens with zero attached hydrogens (tertiary/aromatic N) is 2. The van der Waals surface area contributed by atoms with Crippen LogP contribution in [0.5, 0.6) is 0 Å². The molecule has 10 heteroatoms. The van der Waals surface area contributed by atoms with Crippen molar-refractivity contribution in [2.24, 2.45) is 0 Å². The zero-order chi connectivity index (χ0) is 21.7. The van der Waals surface area contributed by atoms with Crippen molar-refractivity contribution >= 4 is 57.4 Å². The smallest absolute Gasteiger partial charge is 0.274 e. The van der Waals surface area contributed by atoms with Crippen LogP contribution in [-0.2, 0) is 9.40 Å². The molecule has 1 amide bonds. The van der Waals surface area contributed by atoms with E-state index in [2.05, 4.69) is 46.8 Å². The minimum Gasteiger partial charge on any atom is -0.339 e. The summed E-state index contributed by atoms with van der Waals surface area (Å²) in [6, 6.07) is 14.2. The van der Waals surface area contributed by atoms with E-state index < -0.39 is 7.14 Å². The molecule has 30 heavy (non-hydrogen) atoms. The van der Waals surface area contributed by atoms with Crippen molar-refractivity contribution < 1.29 is 14.2 Å². The van der Waals surface area contributed by atoms with Gasteiger partial charge in [0, 0.05) is 22.8 Å². The van der Waals surface area contributed by atoms with E-state index in [0.717, 1.165) is 11.0 Å². The topological polar surface area (TPSA) is 105 Å². The molecular formula is C20H21BrN5O3P. The molecule has 0 atom stereocenters. The SMILES string of the molecule is CONC(=O)c1ccc(Nc2ncc(Br)c(Nc3ccccc3P(C)(C)=O)n2)cc1. The molecule has 0 saturated heterocycles. The molecule has 0 bridgehead atoms. The molecule has 0 aliphatic carbocycles. The van der Waals surface area contributed by atoms with Crippen LogP contribution >= 0.6 is 23.1 Å². The van der Waals surface area contributed by atoms with Gasteiger partial charge in [0.25, 0.3) is 5.91 Å². The van der Waals surface area contributed by atoms with Crippen molar-refractivity contribution in [2.45, 2.75) is 0 Å². The average molecular weight is 490 g/mol. The minimum absolute atomic E-state index is 0.335. The Balaban J connectivity index is 1.81. The Morgan fingerprint density at radius 1 is 1.07 bits per heavy atom. The van der Waals surface area contributed by atoms with Crippen LogP contribution in [0.4, 0.5) is 23.1 Å². The van der Waals surface area contributed by atoms with Crippen LogP contribution in [0, 0.1) is 0 Å². The summed E-state index contributed by atoms with van der Waals surface area (Å²) in [7, 11) is -1.09. The number of nitrogens with one attached hydrogen (secondary N) is 3. The van der Waals surface area contributed by atoms with E-state index in [-0.39, 0.29) is 5.91 Å². The average Bonchev–Trinajstić information content (AvgIpc) is 2.71. The zero-order valence-corrected chi connectivity index (χ0v) is 19.1. The van der Waals surface area contributed by atoms with E-state index >= 15 is 0 Å². The van der Waals surface area contributed by atoms with Gasteiger partial charge >= 0.3 is 0 Å². The third-order valence-corrected chi connectivity index (χ3v) is 6.21. The van der Waals surface area contributed by atoms with E-state index in [4.69, 9.17) is 0 Å². The maximum absolute atomic E-state index is 12.6. The Morgan fingerprint density at radius 2 is 1.77 bits per heavy atom. The molecule has 8 nitrogen and oxygen atoms in total. The fourth-order valence-electron chi connectivity index (χ4n) is 2.68. The number of anilines is 4. The minimum atomic E-state index is -2.47. The van der Waals surface area contributed by atoms with Crippen LogP contribution in [0.1, 0.15) is 10.4 Å². The quantitative estimate of drug-likeness (QED) is 0.336. The summed E-state index contributed by atoms with van der Waals surface area (Å²) in [6.45, 7) is 3.46. The third-order valence-electron chi connectivity index (χ3n) is 4.08. The first-order chi connectivity index (χ1) is 14.3. The summed E-state index contributed by atoms with van der Waals surface area (Å²) in [5.74, 6) is 0.561. The fourth-order valence-corrected chi connectivity index (χ4v) is 4.12. The van der Waals surface area contributed by atoms with E-state index in [0.29, 0.717) is 27.5 Å². The summed E-state index contributed by atoms with van der Waals surface area (Å²) in [5, 5.41) is 7.08. The molecule has 0 radical (unpaired) electrons. The number of amides is 1. The van der Waals surface area contributed by atoms with Crippen molar-refractivity contribution in [3.05, 3.63) is 64.8 Å². The largest absolute Gasteiger partial charge is 0.339 e. The monoisotopic (exact) mass is 489 g/mol. The Labute approximate surface area is 182 Å². The second-order valence-electron chi connectivity index (χ2n) is 6.72. The summed E-state index contributed by atoms with van der Waals surface area (Å²) >= 11 is 3.45. The van der Waals surface area contributed by atoms with Crippen LogP contribution in [0.15, 0.2) is 59.2 Å². The van der Waals surface area contributed by atoms with Crippen molar-refractivity contribution in [3.8, 4) is 0 Å². The predicted molar refractivity (Wildman–Crippen MR) is 123 cm³/mol. The molecule has 3 N–H and O–H groups in total. The molecule has 0 unspecified atom stereocenters. The van der Waals surface area contributed by atoms with Crippen LogP contribution < -0.4 is 21.4 Å². The first kappa shape index (κ1) is 22.0. The van der Waals surface area contributed by atoms with Gasteiger partial charge in [-0.2, -0.15) is 4.98 Å². The Kier molecular flexibility index (Phi) is 6.87. The highest BCUT2D eigenvalue weighted by atomic mass is 79.9. The van der Waals surface area contributed by atoms with Gasteiger partial charge in [0.15, 0.2) is 0 Å². The number of hydroxylamine groups is 1. The molecule has 0 aliphatic heterocycles. The van der Waals surface area contributed by atoms with Crippen LogP contribution in [0.2, 0.25) is 0 Å². The first-order valence-electron chi connectivity index (χ1n) is 8.92. The fraction of sp³-hybridized carbons (Fsp3) is 0.150. The molecule has 1 heterocycles. The highest BCUT2D eigenvalue weighted by Crippen LogP contribution is 2.38. The second-order valence-corrected chi connectivity index (χ2v) is 10.8. The highest BCUT2D eigenvalue weighted by Gasteiger charge is 2.17. The van der Waals surface area contributed by atoms with Crippen molar-refractivity contribution in [1.29, 1.82) is 0 Å². The predicted octanol–water partition coefficient (Wildman–Crippen LogP) is 4.27. The third kappa shape index (κ3) is 5.44. The van der Waals surface area contributed by atoms with Crippen LogP contribution in [-0.4, -0.2) is 36.3 Å². The van der Waals surface area contributed by atoms with Crippen LogP contribution in [0.25, 0.3) is 0 Å². The molecule has 3 aromatic rings. The van der Waals surface area contributed by atoms with Gasteiger partial charge in [-0.05, 0) is 65.7 Å². The lowest BCUT2D eigenvalue weighted by molar-refractivity contribution is 0.0537. The molecule has 156 valence electrons. The number of carbonyl (C=O) groups is 1. The molecule has 0 saturated carbocycles. The Morgan fingerprint density at radius 3 is 2.43 bits per heavy atom. The van der Waals surface area contributed by atoms with E-state index in [1.165, 1.54) is 7.11 Å². The number of hydrogen-bond donors (Lipinski definition) is 3. The number of rotatable bonds is 7. The lowest BCUT2D eigenvalue weighted by Gasteiger charge is -2.16. The van der Waals surface area contributed by atoms with Gasteiger partial charge in [0.2, 0.25) is 5.95 Å². The zero-order valence-electron chi connectivity index (χ0n) is 16.6. The molecular weight excluding hydrogens is 469 g/mol. The van der Waals surface area contributed by atoms with Crippen molar-refractivity contribution in [2.75, 3.05) is 31.1 Å². The normalized spacial score (nSPS) is 11.1. The molecule has 0 spiro atoms. The van der Waals surface area contributed by atoms with Gasteiger partial charge in [-0.15, -0.1) is 0 Å². The standard InChI is InChI=1S/C20H21BrN5O3P/c1-29-26-19(27)13-8-10-14(11-9-13)23-20-22-12-15(21)18(25-20)24-16-6-4-5-7-17(16)30(2,3)28/h4-12H,1-3H3,(H,26,27)(H2,22,23,24,25). The van der Waals surface area contributed by atoms with Gasteiger partial charge in [-0.1, -0.05) is 12.1 Å². The summed E-state index contributed by atoms with van der Waals surface area (Å²) in [6.07, 6.45) is 1.62. The summed E-state index contributed by atoms with van der Waals surface area (Å²) in [5.41, 5.74) is 4.16. The highest BCUT2D eigenvalue weighted by molar-refractivity contribution is 9.10. The van der Waals surface area contributed by atoms with Gasteiger partial charge < -0.3 is 15.2 Å². The van der Waals surface area contributed by atoms with Gasteiger partial charge in [-0.3, -0.25) is 9.63 Å². The van der Waals surface area contributed by atoms with Crippen LogP contribution in [0.3, 0.4) is 0 Å². The lowest BCUT2D eigenvalue weighted by Crippen LogP contribution is -2.21. The molecule has 0 fully saturated rings. The molecule has 3 rings (SSSR count).